The van der Waals surface area contributed by atoms with Gasteiger partial charge in [-0.3, -0.25) is 0 Å². The third-order valence-corrected chi connectivity index (χ3v) is 9.64. The summed E-state index contributed by atoms with van der Waals surface area (Å²) >= 11 is 0. The van der Waals surface area contributed by atoms with Crippen molar-refractivity contribution >= 4 is 7.85 Å². The maximum atomic E-state index is 6.01. The highest BCUT2D eigenvalue weighted by atomic mass is 16.5. The van der Waals surface area contributed by atoms with Crippen LogP contribution in [0.2, 0.25) is 6.32 Å². The number of allylic oxidation sites excluding steroid dienone is 1. The van der Waals surface area contributed by atoms with E-state index in [4.69, 9.17) is 12.6 Å². The molecule has 0 aliphatic heterocycles. The maximum Gasteiger partial charge on any atom is 0.0684 e. The summed E-state index contributed by atoms with van der Waals surface area (Å²) in [7, 11) is 5.66. The van der Waals surface area contributed by atoms with Gasteiger partial charge in [0.05, 0.1) is 14.0 Å². The molecule has 3 fully saturated rings. The van der Waals surface area contributed by atoms with E-state index in [0.717, 1.165) is 41.9 Å². The molecule has 0 aromatic carbocycles. The molecule has 0 amide bonds. The van der Waals surface area contributed by atoms with Gasteiger partial charge in [-0.2, -0.15) is 0 Å². The fraction of sp³-hybridized carbons (Fsp3) is 0.931. The zero-order chi connectivity index (χ0) is 22.4. The summed E-state index contributed by atoms with van der Waals surface area (Å²) in [5.41, 5.74) is 2.28. The van der Waals surface area contributed by atoms with E-state index in [-0.39, 0.29) is 0 Å². The monoisotopic (exact) mass is 426 g/mol. The van der Waals surface area contributed by atoms with E-state index in [1.165, 1.54) is 70.6 Å². The molecule has 31 heavy (non-hydrogen) atoms. The summed E-state index contributed by atoms with van der Waals surface area (Å²) in [5.74, 6) is 5.33. The summed E-state index contributed by atoms with van der Waals surface area (Å²) in [6, 6.07) is 0. The first-order valence-corrected chi connectivity index (χ1v) is 13.9. The second-order valence-electron chi connectivity index (χ2n) is 12.2. The van der Waals surface area contributed by atoms with Crippen molar-refractivity contribution in [1.29, 1.82) is 0 Å². The average Bonchev–Trinajstić information content (AvgIpc) is 3.09. The zero-order valence-electron chi connectivity index (χ0n) is 21.5. The molecule has 2 radical (unpaired) electrons. The number of hydrogen-bond acceptors (Lipinski definition) is 1. The van der Waals surface area contributed by atoms with Crippen LogP contribution < -0.4 is 0 Å². The Morgan fingerprint density at radius 2 is 1.90 bits per heavy atom. The van der Waals surface area contributed by atoms with Crippen molar-refractivity contribution < 1.29 is 4.74 Å². The molecule has 0 aromatic rings. The lowest BCUT2D eigenvalue weighted by molar-refractivity contribution is 0.0285. The fourth-order valence-electron chi connectivity index (χ4n) is 7.80. The molecule has 7 atom stereocenters. The van der Waals surface area contributed by atoms with E-state index in [1.54, 1.807) is 5.57 Å². The predicted octanol–water partition coefficient (Wildman–Crippen LogP) is 8.39. The van der Waals surface area contributed by atoms with Crippen molar-refractivity contribution in [3.8, 4) is 0 Å². The van der Waals surface area contributed by atoms with Crippen molar-refractivity contribution in [3.05, 3.63) is 11.6 Å². The molecule has 0 aromatic heterocycles. The molecule has 0 heterocycles. The number of ether oxygens (including phenoxy) is 1. The number of fused-ring (bicyclic) bond motifs is 1. The van der Waals surface area contributed by atoms with E-state index in [0.29, 0.717) is 24.4 Å². The smallest absolute Gasteiger partial charge is 0.0684 e. The standard InChI is InChI=1S/C29H51BO/c1-21(2)8-6-9-23(4)27-15-16-28-24(10-7-17-29(27,28)5)12-13-25-20-26(31-19-18-30)14-11-22(25)3/h13,21-24,26-28H,6-12,14-20H2,1-5H3. The average molecular weight is 427 g/mol. The number of hydrogen-bond donors (Lipinski definition) is 0. The molecule has 0 saturated heterocycles. The largest absolute Gasteiger partial charge is 0.379 e. The van der Waals surface area contributed by atoms with E-state index < -0.39 is 0 Å². The van der Waals surface area contributed by atoms with Crippen LogP contribution in [0.5, 0.6) is 0 Å². The molecule has 3 aliphatic carbocycles. The Bertz CT molecular complexity index is 567. The molecular formula is C29H51BO. The Balaban J connectivity index is 1.59. The van der Waals surface area contributed by atoms with Crippen LogP contribution in [0.3, 0.4) is 0 Å². The van der Waals surface area contributed by atoms with Gasteiger partial charge in [0.1, 0.15) is 0 Å². The van der Waals surface area contributed by atoms with Crippen LogP contribution in [-0.4, -0.2) is 20.6 Å². The Hall–Kier alpha value is -0.235. The van der Waals surface area contributed by atoms with Crippen LogP contribution in [0, 0.1) is 40.9 Å². The van der Waals surface area contributed by atoms with Gasteiger partial charge in [-0.25, -0.2) is 0 Å². The van der Waals surface area contributed by atoms with Crippen LogP contribution in [0.4, 0.5) is 0 Å². The van der Waals surface area contributed by atoms with Gasteiger partial charge in [0.15, 0.2) is 0 Å². The lowest BCUT2D eigenvalue weighted by Crippen LogP contribution is -2.39. The molecule has 3 rings (SSSR count). The molecule has 0 spiro atoms. The Labute approximate surface area is 196 Å². The lowest BCUT2D eigenvalue weighted by atomic mass is 9.58. The van der Waals surface area contributed by atoms with E-state index in [1.807, 2.05) is 0 Å². The van der Waals surface area contributed by atoms with Crippen LogP contribution >= 0.6 is 0 Å². The Kier molecular flexibility index (Phi) is 9.63. The van der Waals surface area contributed by atoms with E-state index in [9.17, 15) is 0 Å². The summed E-state index contributed by atoms with van der Waals surface area (Å²) in [6.45, 7) is 13.2. The van der Waals surface area contributed by atoms with E-state index >= 15 is 0 Å². The zero-order valence-corrected chi connectivity index (χ0v) is 21.5. The topological polar surface area (TPSA) is 9.23 Å². The highest BCUT2D eigenvalue weighted by Crippen LogP contribution is 2.60. The van der Waals surface area contributed by atoms with Gasteiger partial charge < -0.3 is 4.74 Å². The van der Waals surface area contributed by atoms with Crippen molar-refractivity contribution in [2.45, 2.75) is 124 Å². The van der Waals surface area contributed by atoms with Gasteiger partial charge >= 0.3 is 0 Å². The van der Waals surface area contributed by atoms with Crippen molar-refractivity contribution in [2.75, 3.05) is 6.61 Å². The fourth-order valence-corrected chi connectivity index (χ4v) is 7.80. The van der Waals surface area contributed by atoms with E-state index in [2.05, 4.69) is 40.7 Å². The van der Waals surface area contributed by atoms with Gasteiger partial charge in [0.25, 0.3) is 0 Å². The molecule has 3 aliphatic rings. The SMILES string of the molecule is [B]CCOC1CCC(C)C(=CCC2CCCC3(C)C(C(C)CCCC(C)C)CCC23)C1. The van der Waals surface area contributed by atoms with Crippen LogP contribution in [0.15, 0.2) is 11.6 Å². The van der Waals surface area contributed by atoms with Crippen LogP contribution in [0.25, 0.3) is 0 Å². The molecule has 0 N–H and O–H groups in total. The third kappa shape index (κ3) is 6.42. The molecule has 176 valence electrons. The number of rotatable bonds is 10. The molecular weight excluding hydrogens is 375 g/mol. The van der Waals surface area contributed by atoms with Crippen molar-refractivity contribution in [2.24, 2.45) is 40.9 Å². The summed E-state index contributed by atoms with van der Waals surface area (Å²) < 4.78 is 6.01. The minimum Gasteiger partial charge on any atom is -0.379 e. The maximum absolute atomic E-state index is 6.01. The predicted molar refractivity (Wildman–Crippen MR) is 136 cm³/mol. The lowest BCUT2D eigenvalue weighted by Gasteiger charge is -2.47. The van der Waals surface area contributed by atoms with Crippen molar-refractivity contribution in [1.82, 2.24) is 0 Å². The normalized spacial score (nSPS) is 38.5. The first-order valence-electron chi connectivity index (χ1n) is 13.9. The Morgan fingerprint density at radius 3 is 2.65 bits per heavy atom. The second-order valence-corrected chi connectivity index (χ2v) is 12.2. The highest BCUT2D eigenvalue weighted by Gasteiger charge is 2.51. The molecule has 3 saturated carbocycles. The third-order valence-electron chi connectivity index (χ3n) is 9.64. The minimum absolute atomic E-state index is 0.408. The first-order chi connectivity index (χ1) is 14.8. The molecule has 1 nitrogen and oxygen atoms in total. The summed E-state index contributed by atoms with van der Waals surface area (Å²) in [4.78, 5) is 0. The minimum atomic E-state index is 0.408. The molecule has 7 unspecified atom stereocenters. The highest BCUT2D eigenvalue weighted by molar-refractivity contribution is 6.08. The summed E-state index contributed by atoms with van der Waals surface area (Å²) in [6.07, 6.45) is 20.3. The quantitative estimate of drug-likeness (QED) is 0.252. The Morgan fingerprint density at radius 1 is 1.10 bits per heavy atom. The van der Waals surface area contributed by atoms with Crippen LogP contribution in [0.1, 0.15) is 112 Å². The second kappa shape index (κ2) is 11.8. The van der Waals surface area contributed by atoms with Gasteiger partial charge in [-0.1, -0.05) is 78.3 Å². The summed E-state index contributed by atoms with van der Waals surface area (Å²) in [5, 5.41) is 0. The van der Waals surface area contributed by atoms with Gasteiger partial charge in [0.2, 0.25) is 0 Å². The van der Waals surface area contributed by atoms with Gasteiger partial charge in [0, 0.05) is 6.61 Å². The van der Waals surface area contributed by atoms with Crippen molar-refractivity contribution in [3.63, 3.8) is 0 Å². The first kappa shape index (κ1) is 25.4. The molecule has 0 bridgehead atoms. The molecule has 2 heteroatoms. The van der Waals surface area contributed by atoms with Gasteiger partial charge in [-0.05, 0) is 92.3 Å². The van der Waals surface area contributed by atoms with Crippen LogP contribution in [-0.2, 0) is 4.74 Å². The van der Waals surface area contributed by atoms with Gasteiger partial charge in [-0.15, -0.1) is 0 Å².